The molecule has 12 heteroatoms. The summed E-state index contributed by atoms with van der Waals surface area (Å²) >= 11 is 6.17. The number of hydrogen-bond acceptors (Lipinski definition) is 8. The Labute approximate surface area is 182 Å². The third kappa shape index (κ3) is 3.59. The van der Waals surface area contributed by atoms with E-state index in [9.17, 15) is 18.0 Å². The van der Waals surface area contributed by atoms with Crippen molar-refractivity contribution >= 4 is 39.1 Å². The number of amides is 2. The molecule has 2 amide bonds. The lowest BCUT2D eigenvalue weighted by atomic mass is 10.2. The Hall–Kier alpha value is -3.18. The number of anilines is 1. The zero-order chi connectivity index (χ0) is 22.3. The van der Waals surface area contributed by atoms with Crippen molar-refractivity contribution in [3.05, 3.63) is 34.9 Å². The average Bonchev–Trinajstić information content (AvgIpc) is 2.93. The number of methoxy groups -OCH3 is 2. The van der Waals surface area contributed by atoms with Crippen LogP contribution in [0.25, 0.3) is 0 Å². The molecule has 164 valence electrons. The molecule has 2 aromatic rings. The topological polar surface area (TPSA) is 120 Å². The lowest BCUT2D eigenvalue weighted by Crippen LogP contribution is -2.37. The maximum atomic E-state index is 12.9. The van der Waals surface area contributed by atoms with Crippen molar-refractivity contribution in [1.29, 1.82) is 0 Å². The molecule has 0 spiro atoms. The van der Waals surface area contributed by atoms with Crippen molar-refractivity contribution in [2.75, 3.05) is 39.3 Å². The molecule has 0 unspecified atom stereocenters. The molecule has 0 aliphatic carbocycles. The van der Waals surface area contributed by atoms with Crippen LogP contribution in [0.5, 0.6) is 23.0 Å². The van der Waals surface area contributed by atoms with Gasteiger partial charge in [-0.1, -0.05) is 11.6 Å². The second kappa shape index (κ2) is 7.82. The van der Waals surface area contributed by atoms with Gasteiger partial charge in [-0.25, -0.2) is 12.7 Å². The molecule has 0 atom stereocenters. The second-order valence-electron chi connectivity index (χ2n) is 6.54. The Morgan fingerprint density at radius 2 is 1.71 bits per heavy atom. The monoisotopic (exact) mass is 468 g/mol. The minimum absolute atomic E-state index is 0.109. The number of nitrogens with one attached hydrogen (secondary N) is 1. The predicted octanol–water partition coefficient (Wildman–Crippen LogP) is 1.91. The van der Waals surface area contributed by atoms with E-state index >= 15 is 0 Å². The van der Waals surface area contributed by atoms with Crippen LogP contribution in [-0.4, -0.2) is 58.5 Å². The first-order valence-corrected chi connectivity index (χ1v) is 10.8. The molecule has 1 N–H and O–H groups in total. The summed E-state index contributed by atoms with van der Waals surface area (Å²) < 4.78 is 47.3. The highest BCUT2D eigenvalue weighted by Crippen LogP contribution is 2.40. The molecule has 0 bridgehead atoms. The third-order valence-corrected chi connectivity index (χ3v) is 6.79. The summed E-state index contributed by atoms with van der Waals surface area (Å²) in [6.45, 7) is -0.0287. The van der Waals surface area contributed by atoms with Gasteiger partial charge in [0, 0.05) is 18.2 Å². The maximum Gasteiger partial charge on any atom is 0.269 e. The van der Waals surface area contributed by atoms with E-state index in [1.54, 1.807) is 0 Å². The lowest BCUT2D eigenvalue weighted by molar-refractivity contribution is -0.116. The minimum atomic E-state index is -4.26. The number of sulfonamides is 1. The Morgan fingerprint density at radius 1 is 1.10 bits per heavy atom. The van der Waals surface area contributed by atoms with Gasteiger partial charge in [0.2, 0.25) is 5.91 Å². The summed E-state index contributed by atoms with van der Waals surface area (Å²) in [4.78, 5) is 25.0. The van der Waals surface area contributed by atoms with Crippen LogP contribution in [0.4, 0.5) is 5.69 Å². The van der Waals surface area contributed by atoms with Gasteiger partial charge in [0.05, 0.1) is 30.5 Å². The van der Waals surface area contributed by atoms with Crippen molar-refractivity contribution in [1.82, 2.24) is 4.31 Å². The number of halogens is 1. The fourth-order valence-corrected chi connectivity index (χ4v) is 4.96. The highest BCUT2D eigenvalue weighted by Gasteiger charge is 2.43. The Bertz CT molecular complexity index is 1200. The summed E-state index contributed by atoms with van der Waals surface area (Å²) in [5.74, 6) is -0.444. The molecule has 0 radical (unpaired) electrons. The summed E-state index contributed by atoms with van der Waals surface area (Å²) in [6.07, 6.45) is 0. The van der Waals surface area contributed by atoms with Crippen molar-refractivity contribution in [2.24, 2.45) is 0 Å². The molecular formula is C19H17ClN2O8S. The molecular weight excluding hydrogens is 452 g/mol. The fourth-order valence-electron chi connectivity index (χ4n) is 3.24. The molecule has 10 nitrogen and oxygen atoms in total. The summed E-state index contributed by atoms with van der Waals surface area (Å²) in [5.41, 5.74) is 0.0867. The van der Waals surface area contributed by atoms with Gasteiger partial charge >= 0.3 is 0 Å². The minimum Gasteiger partial charge on any atom is -0.493 e. The number of ether oxygens (including phenoxy) is 4. The average molecular weight is 469 g/mol. The molecule has 2 heterocycles. The van der Waals surface area contributed by atoms with E-state index in [1.165, 1.54) is 38.5 Å². The molecule has 2 aliphatic rings. The quantitative estimate of drug-likeness (QED) is 0.706. The van der Waals surface area contributed by atoms with Crippen LogP contribution >= 0.6 is 11.6 Å². The highest BCUT2D eigenvalue weighted by molar-refractivity contribution is 7.90. The number of carbonyl (C=O) groups excluding carboxylic acids is 2. The standard InChI is InChI=1S/C19H17ClN2O8S/c1-27-13-5-10-17(8-14(13)28-2)31(25,26)22(19(10)24)9-18(23)21-12-7-16-15(6-11(12)20)29-3-4-30-16/h5-8H,3-4,9H2,1-2H3,(H,21,23). The Balaban J connectivity index is 1.58. The Morgan fingerprint density at radius 3 is 2.35 bits per heavy atom. The van der Waals surface area contributed by atoms with Gasteiger partial charge in [0.15, 0.2) is 23.0 Å². The normalized spacial score (nSPS) is 16.0. The molecule has 31 heavy (non-hydrogen) atoms. The van der Waals surface area contributed by atoms with Gasteiger partial charge in [0.1, 0.15) is 24.7 Å². The van der Waals surface area contributed by atoms with Crippen LogP contribution < -0.4 is 24.3 Å². The first-order chi connectivity index (χ1) is 14.8. The summed E-state index contributed by atoms with van der Waals surface area (Å²) in [6, 6.07) is 5.41. The van der Waals surface area contributed by atoms with Crippen LogP contribution in [0, 0.1) is 0 Å². The van der Waals surface area contributed by atoms with Crippen molar-refractivity contribution in [3.8, 4) is 23.0 Å². The van der Waals surface area contributed by atoms with E-state index < -0.39 is 28.4 Å². The van der Waals surface area contributed by atoms with E-state index in [0.717, 1.165) is 0 Å². The van der Waals surface area contributed by atoms with E-state index in [4.69, 9.17) is 30.5 Å². The molecule has 0 fully saturated rings. The van der Waals surface area contributed by atoms with Crippen LogP contribution in [0.1, 0.15) is 10.4 Å². The Kier molecular flexibility index (Phi) is 5.31. The van der Waals surface area contributed by atoms with Gasteiger partial charge in [-0.3, -0.25) is 9.59 Å². The highest BCUT2D eigenvalue weighted by atomic mass is 35.5. The van der Waals surface area contributed by atoms with E-state index in [0.29, 0.717) is 29.0 Å². The smallest absolute Gasteiger partial charge is 0.269 e. The molecule has 0 saturated heterocycles. The third-order valence-electron chi connectivity index (χ3n) is 4.70. The lowest BCUT2D eigenvalue weighted by Gasteiger charge is -2.20. The summed E-state index contributed by atoms with van der Waals surface area (Å²) in [7, 11) is -1.55. The van der Waals surface area contributed by atoms with Crippen molar-refractivity contribution in [2.45, 2.75) is 4.90 Å². The van der Waals surface area contributed by atoms with Crippen LogP contribution in [0.3, 0.4) is 0 Å². The number of fused-ring (bicyclic) bond motifs is 2. The van der Waals surface area contributed by atoms with Crippen LogP contribution in [0.2, 0.25) is 5.02 Å². The van der Waals surface area contributed by atoms with Gasteiger partial charge in [-0.15, -0.1) is 0 Å². The van der Waals surface area contributed by atoms with E-state index in [2.05, 4.69) is 5.32 Å². The SMILES string of the molecule is COc1cc2c(cc1OC)S(=O)(=O)N(CC(=O)Nc1cc3c(cc1Cl)OCCO3)C2=O. The van der Waals surface area contributed by atoms with Crippen LogP contribution in [0.15, 0.2) is 29.2 Å². The second-order valence-corrected chi connectivity index (χ2v) is 8.78. The molecule has 0 aromatic heterocycles. The van der Waals surface area contributed by atoms with E-state index in [1.807, 2.05) is 0 Å². The zero-order valence-corrected chi connectivity index (χ0v) is 18.0. The number of hydrogen-bond donors (Lipinski definition) is 1. The molecule has 2 aromatic carbocycles. The zero-order valence-electron chi connectivity index (χ0n) is 16.4. The number of benzene rings is 2. The molecule has 2 aliphatic heterocycles. The first-order valence-electron chi connectivity index (χ1n) is 8.98. The van der Waals surface area contributed by atoms with E-state index in [-0.39, 0.29) is 32.7 Å². The summed E-state index contributed by atoms with van der Waals surface area (Å²) in [5, 5.41) is 2.68. The van der Waals surface area contributed by atoms with Crippen molar-refractivity contribution in [3.63, 3.8) is 0 Å². The number of carbonyl (C=O) groups is 2. The number of nitrogens with zero attached hydrogens (tertiary/aromatic N) is 1. The van der Waals surface area contributed by atoms with Crippen molar-refractivity contribution < 1.29 is 37.0 Å². The maximum absolute atomic E-state index is 12.9. The predicted molar refractivity (Wildman–Crippen MR) is 109 cm³/mol. The van der Waals surface area contributed by atoms with Gasteiger partial charge in [0.25, 0.3) is 15.9 Å². The largest absolute Gasteiger partial charge is 0.493 e. The molecule has 0 saturated carbocycles. The first kappa shape index (κ1) is 21.1. The van der Waals surface area contributed by atoms with Crippen LogP contribution in [-0.2, 0) is 14.8 Å². The number of rotatable bonds is 5. The molecule has 4 rings (SSSR count). The van der Waals surface area contributed by atoms with Gasteiger partial charge in [-0.2, -0.15) is 0 Å². The van der Waals surface area contributed by atoms with Gasteiger partial charge < -0.3 is 24.3 Å². The van der Waals surface area contributed by atoms with Gasteiger partial charge in [-0.05, 0) is 6.07 Å². The fraction of sp³-hybridized carbons (Fsp3) is 0.263.